The fourth-order valence-corrected chi connectivity index (χ4v) is 3.86. The highest BCUT2D eigenvalue weighted by molar-refractivity contribution is 7.99. The van der Waals surface area contributed by atoms with Crippen LogP contribution in [0.1, 0.15) is 12.5 Å². The Morgan fingerprint density at radius 2 is 2.00 bits per heavy atom. The van der Waals surface area contributed by atoms with Gasteiger partial charge in [0.05, 0.1) is 23.4 Å². The summed E-state index contributed by atoms with van der Waals surface area (Å²) in [5, 5.41) is 0.740. The second kappa shape index (κ2) is 9.19. The lowest BCUT2D eigenvalue weighted by Crippen LogP contribution is -2.27. The Morgan fingerprint density at radius 1 is 1.22 bits per heavy atom. The van der Waals surface area contributed by atoms with Gasteiger partial charge in [-0.15, -0.1) is 11.8 Å². The first-order valence-electron chi connectivity index (χ1n) is 8.71. The number of nitrogens with zero attached hydrogens (tertiary/aromatic N) is 2. The molecule has 0 atom stereocenters. The van der Waals surface area contributed by atoms with Gasteiger partial charge in [0, 0.05) is 24.6 Å². The van der Waals surface area contributed by atoms with Gasteiger partial charge >= 0.3 is 0 Å². The minimum atomic E-state index is 0.0735. The molecule has 0 saturated heterocycles. The summed E-state index contributed by atoms with van der Waals surface area (Å²) in [6.45, 7) is 3.19. The van der Waals surface area contributed by atoms with Crippen molar-refractivity contribution < 1.29 is 9.53 Å². The minimum Gasteiger partial charge on any atom is -0.494 e. The molecule has 0 spiro atoms. The number of fused-ring (bicyclic) bond motifs is 1. The number of amides is 1. The maximum Gasteiger partial charge on any atom is 0.233 e. The summed E-state index contributed by atoms with van der Waals surface area (Å²) in [5.74, 6) is 1.23. The number of nitrogens with one attached hydrogen (secondary N) is 1. The summed E-state index contributed by atoms with van der Waals surface area (Å²) in [4.78, 5) is 23.2. The molecule has 0 fully saturated rings. The Bertz CT molecular complexity index is 909. The van der Waals surface area contributed by atoms with Crippen molar-refractivity contribution >= 4 is 40.5 Å². The van der Waals surface area contributed by atoms with Crippen LogP contribution in [0.2, 0.25) is 0 Å². The number of hydrogen-bond donors (Lipinski definition) is 1. The van der Waals surface area contributed by atoms with Crippen molar-refractivity contribution in [1.29, 1.82) is 0 Å². The fourth-order valence-electron chi connectivity index (χ4n) is 2.62. The summed E-state index contributed by atoms with van der Waals surface area (Å²) in [6.07, 6.45) is 2.05. The molecule has 0 bridgehead atoms. The molecule has 142 valence electrons. The Kier molecular flexibility index (Phi) is 6.68. The van der Waals surface area contributed by atoms with E-state index in [0.717, 1.165) is 27.5 Å². The van der Waals surface area contributed by atoms with Crippen LogP contribution in [-0.2, 0) is 11.3 Å². The highest BCUT2D eigenvalue weighted by atomic mass is 32.2. The normalized spacial score (nSPS) is 10.9. The summed E-state index contributed by atoms with van der Waals surface area (Å²) in [7, 11) is 1.83. The smallest absolute Gasteiger partial charge is 0.233 e. The molecule has 0 aliphatic heterocycles. The van der Waals surface area contributed by atoms with E-state index < -0.39 is 0 Å². The molecule has 0 aliphatic rings. The number of carbonyl (C=O) groups excluding carboxylic acids is 1. The van der Waals surface area contributed by atoms with Crippen molar-refractivity contribution in [3.8, 4) is 5.75 Å². The first kappa shape index (κ1) is 19.6. The third kappa shape index (κ3) is 5.20. The highest BCUT2D eigenvalue weighted by Gasteiger charge is 2.12. The fraction of sp³-hybridized carbons (Fsp3) is 0.300. The lowest BCUT2D eigenvalue weighted by atomic mass is 10.2. The monoisotopic (exact) mass is 401 g/mol. The number of thioether (sulfide) groups is 2. The van der Waals surface area contributed by atoms with Gasteiger partial charge < -0.3 is 14.6 Å². The number of hydrogen-bond acceptors (Lipinski definition) is 5. The molecule has 0 radical (unpaired) electrons. The Balaban J connectivity index is 1.56. The van der Waals surface area contributed by atoms with E-state index in [4.69, 9.17) is 4.74 Å². The lowest BCUT2D eigenvalue weighted by molar-refractivity contribution is -0.127. The van der Waals surface area contributed by atoms with E-state index in [2.05, 4.69) is 40.5 Å². The molecular formula is C20H23N3O2S2. The second-order valence-electron chi connectivity index (χ2n) is 6.04. The first-order chi connectivity index (χ1) is 13.1. The predicted octanol–water partition coefficient (Wildman–Crippen LogP) is 4.43. The van der Waals surface area contributed by atoms with Crippen molar-refractivity contribution in [2.75, 3.05) is 25.7 Å². The van der Waals surface area contributed by atoms with Gasteiger partial charge in [-0.2, -0.15) is 0 Å². The van der Waals surface area contributed by atoms with Gasteiger partial charge in [-0.25, -0.2) is 4.98 Å². The summed E-state index contributed by atoms with van der Waals surface area (Å²) >= 11 is 3.13. The quantitative estimate of drug-likeness (QED) is 0.566. The zero-order chi connectivity index (χ0) is 19.2. The van der Waals surface area contributed by atoms with Crippen LogP contribution in [0.15, 0.2) is 52.5 Å². The number of ether oxygens (including phenoxy) is 1. The third-order valence-corrected chi connectivity index (χ3v) is 5.68. The maximum atomic E-state index is 12.4. The first-order valence-corrected chi connectivity index (χ1v) is 10.9. The average Bonchev–Trinajstić information content (AvgIpc) is 3.09. The number of benzene rings is 2. The van der Waals surface area contributed by atoms with Crippen LogP contribution in [0, 0.1) is 0 Å². The zero-order valence-electron chi connectivity index (χ0n) is 15.7. The molecule has 7 heteroatoms. The summed E-state index contributed by atoms with van der Waals surface area (Å²) < 4.78 is 5.51. The number of imidazole rings is 1. The Morgan fingerprint density at radius 3 is 2.70 bits per heavy atom. The van der Waals surface area contributed by atoms with Crippen molar-refractivity contribution in [2.45, 2.75) is 23.5 Å². The molecule has 1 amide bonds. The molecule has 0 aliphatic carbocycles. The molecule has 1 N–H and O–H groups in total. The van der Waals surface area contributed by atoms with E-state index in [9.17, 15) is 4.79 Å². The average molecular weight is 402 g/mol. The number of aromatic nitrogens is 2. The largest absolute Gasteiger partial charge is 0.494 e. The van der Waals surface area contributed by atoms with E-state index in [-0.39, 0.29) is 5.91 Å². The molecule has 2 aromatic carbocycles. The molecule has 1 aromatic heterocycles. The molecule has 5 nitrogen and oxygen atoms in total. The van der Waals surface area contributed by atoms with Crippen molar-refractivity contribution in [2.24, 2.45) is 0 Å². The van der Waals surface area contributed by atoms with E-state index in [1.165, 1.54) is 16.7 Å². The number of aromatic amines is 1. The third-order valence-electron chi connectivity index (χ3n) is 4.08. The zero-order valence-corrected chi connectivity index (χ0v) is 17.3. The Labute approximate surface area is 167 Å². The van der Waals surface area contributed by atoms with Crippen LogP contribution < -0.4 is 4.74 Å². The highest BCUT2D eigenvalue weighted by Crippen LogP contribution is 2.23. The number of rotatable bonds is 8. The van der Waals surface area contributed by atoms with E-state index in [0.29, 0.717) is 18.9 Å². The molecule has 1 heterocycles. The topological polar surface area (TPSA) is 58.2 Å². The SMILES string of the molecule is CCOc1ccc2nc(SCC(=O)N(C)Cc3ccc(SC)cc3)[nH]c2c1. The van der Waals surface area contributed by atoms with E-state index in [1.807, 2.05) is 32.2 Å². The maximum absolute atomic E-state index is 12.4. The van der Waals surface area contributed by atoms with Crippen molar-refractivity contribution in [1.82, 2.24) is 14.9 Å². The van der Waals surface area contributed by atoms with Crippen LogP contribution >= 0.6 is 23.5 Å². The van der Waals surface area contributed by atoms with Gasteiger partial charge in [-0.1, -0.05) is 23.9 Å². The van der Waals surface area contributed by atoms with Crippen molar-refractivity contribution in [3.63, 3.8) is 0 Å². The Hall–Kier alpha value is -2.12. The second-order valence-corrected chi connectivity index (χ2v) is 7.88. The van der Waals surface area contributed by atoms with Crippen LogP contribution in [0.5, 0.6) is 5.75 Å². The summed E-state index contributed by atoms with van der Waals surface area (Å²) in [5.41, 5.74) is 2.91. The van der Waals surface area contributed by atoms with E-state index in [1.54, 1.807) is 16.7 Å². The van der Waals surface area contributed by atoms with Gasteiger partial charge in [-0.3, -0.25) is 4.79 Å². The van der Waals surface area contributed by atoms with Gasteiger partial charge in [0.25, 0.3) is 0 Å². The van der Waals surface area contributed by atoms with Gasteiger partial charge in [-0.05, 0) is 43.0 Å². The molecular weight excluding hydrogens is 378 g/mol. The lowest BCUT2D eigenvalue weighted by Gasteiger charge is -2.17. The van der Waals surface area contributed by atoms with Gasteiger partial charge in [0.1, 0.15) is 5.75 Å². The van der Waals surface area contributed by atoms with Crippen LogP contribution in [0.4, 0.5) is 0 Å². The summed E-state index contributed by atoms with van der Waals surface area (Å²) in [6, 6.07) is 14.1. The molecule has 0 saturated carbocycles. The molecule has 0 unspecified atom stereocenters. The minimum absolute atomic E-state index is 0.0735. The van der Waals surface area contributed by atoms with Crippen LogP contribution in [0.3, 0.4) is 0 Å². The van der Waals surface area contributed by atoms with Gasteiger partial charge in [0.2, 0.25) is 5.91 Å². The van der Waals surface area contributed by atoms with Crippen molar-refractivity contribution in [3.05, 3.63) is 48.0 Å². The predicted molar refractivity (Wildman–Crippen MR) is 113 cm³/mol. The standard InChI is InChI=1S/C20H23N3O2S2/c1-4-25-15-7-10-17-18(11-15)22-20(21-17)27-13-19(24)23(2)12-14-5-8-16(26-3)9-6-14/h5-11H,4,12-13H2,1-3H3,(H,21,22). The molecule has 3 rings (SSSR count). The van der Waals surface area contributed by atoms with Crippen LogP contribution in [0.25, 0.3) is 11.0 Å². The van der Waals surface area contributed by atoms with Crippen LogP contribution in [-0.4, -0.2) is 46.4 Å². The van der Waals surface area contributed by atoms with E-state index >= 15 is 0 Å². The number of H-pyrrole nitrogens is 1. The molecule has 3 aromatic rings. The molecule has 27 heavy (non-hydrogen) atoms. The number of carbonyl (C=O) groups is 1. The van der Waals surface area contributed by atoms with Gasteiger partial charge in [0.15, 0.2) is 5.16 Å².